The largest absolute Gasteiger partial charge is 0.396 e. The lowest BCUT2D eigenvalue weighted by atomic mass is 10.1. The summed E-state index contributed by atoms with van der Waals surface area (Å²) < 4.78 is 27.1. The van der Waals surface area contributed by atoms with Crippen LogP contribution in [0.4, 0.5) is 20.2 Å². The first kappa shape index (κ1) is 14.7. The fraction of sp³-hybridized carbons (Fsp3) is 0. The second kappa shape index (κ2) is 5.76. The summed E-state index contributed by atoms with van der Waals surface area (Å²) in [5.74, 6) is -2.64. The molecule has 0 spiro atoms. The summed E-state index contributed by atoms with van der Waals surface area (Å²) in [6.07, 6.45) is 0. The van der Waals surface area contributed by atoms with Gasteiger partial charge in [0, 0.05) is 15.6 Å². The van der Waals surface area contributed by atoms with Gasteiger partial charge in [0.05, 0.1) is 16.9 Å². The average molecular weight is 362 g/mol. The highest BCUT2D eigenvalue weighted by Gasteiger charge is 2.16. The summed E-state index contributed by atoms with van der Waals surface area (Å²) in [6, 6.07) is 6.21. The number of amides is 1. The van der Waals surface area contributed by atoms with Gasteiger partial charge < -0.3 is 11.1 Å². The first-order valence-corrected chi connectivity index (χ1v) is 6.56. The van der Waals surface area contributed by atoms with Gasteiger partial charge in [-0.1, -0.05) is 11.6 Å². The smallest absolute Gasteiger partial charge is 0.258 e. The van der Waals surface area contributed by atoms with Crippen LogP contribution in [0.25, 0.3) is 0 Å². The van der Waals surface area contributed by atoms with Crippen LogP contribution in [-0.4, -0.2) is 5.91 Å². The number of nitrogens with two attached hydrogens (primary N) is 1. The van der Waals surface area contributed by atoms with Crippen molar-refractivity contribution < 1.29 is 13.6 Å². The third-order valence-corrected chi connectivity index (χ3v) is 3.40. The molecule has 0 saturated carbocycles. The molecule has 1 amide bonds. The van der Waals surface area contributed by atoms with E-state index in [1.807, 2.05) is 0 Å². The lowest BCUT2D eigenvalue weighted by Gasteiger charge is -2.09. The molecule has 0 aliphatic heterocycles. The van der Waals surface area contributed by atoms with Gasteiger partial charge in [-0.15, -0.1) is 0 Å². The molecule has 0 fully saturated rings. The van der Waals surface area contributed by atoms with E-state index in [4.69, 9.17) is 17.3 Å². The molecule has 0 heterocycles. The van der Waals surface area contributed by atoms with Crippen molar-refractivity contribution in [1.82, 2.24) is 0 Å². The minimum Gasteiger partial charge on any atom is -0.396 e. The Morgan fingerprint density at radius 3 is 2.55 bits per heavy atom. The molecule has 3 nitrogen and oxygen atoms in total. The third kappa shape index (κ3) is 3.08. The van der Waals surface area contributed by atoms with E-state index < -0.39 is 17.5 Å². The highest BCUT2D eigenvalue weighted by atomic mass is 79.9. The maximum absolute atomic E-state index is 13.6. The Bertz CT molecular complexity index is 694. The molecule has 104 valence electrons. The molecule has 7 heteroatoms. The molecule has 3 N–H and O–H groups in total. The number of carbonyl (C=O) groups excluding carboxylic acids is 1. The van der Waals surface area contributed by atoms with Crippen molar-refractivity contribution in [2.24, 2.45) is 0 Å². The first-order chi connectivity index (χ1) is 9.38. The molecule has 20 heavy (non-hydrogen) atoms. The molecular formula is C13H8BrClF2N2O. The van der Waals surface area contributed by atoms with E-state index in [9.17, 15) is 13.6 Å². The van der Waals surface area contributed by atoms with E-state index in [1.165, 1.54) is 0 Å². The first-order valence-electron chi connectivity index (χ1n) is 5.39. The Morgan fingerprint density at radius 1 is 1.20 bits per heavy atom. The quantitative estimate of drug-likeness (QED) is 0.787. The minimum atomic E-state index is -0.987. The monoisotopic (exact) mass is 360 g/mol. The number of benzene rings is 2. The summed E-state index contributed by atoms with van der Waals surface area (Å²) in [5.41, 5.74) is 5.09. The Morgan fingerprint density at radius 2 is 1.90 bits per heavy atom. The number of carbonyl (C=O) groups is 1. The van der Waals surface area contributed by atoms with Crippen LogP contribution in [0.15, 0.2) is 34.8 Å². The number of hydrogen-bond acceptors (Lipinski definition) is 2. The van der Waals surface area contributed by atoms with E-state index in [0.29, 0.717) is 21.2 Å². The molecular weight excluding hydrogens is 354 g/mol. The molecule has 0 saturated heterocycles. The Labute approximate surface area is 126 Å². The molecule has 0 radical (unpaired) electrons. The Kier molecular flexibility index (Phi) is 4.25. The maximum Gasteiger partial charge on any atom is 0.258 e. The van der Waals surface area contributed by atoms with Crippen molar-refractivity contribution in [3.63, 3.8) is 0 Å². The summed E-state index contributed by atoms with van der Waals surface area (Å²) >= 11 is 8.99. The van der Waals surface area contributed by atoms with Crippen LogP contribution in [0.1, 0.15) is 10.4 Å². The highest BCUT2D eigenvalue weighted by Crippen LogP contribution is 2.27. The second-order valence-corrected chi connectivity index (χ2v) is 5.22. The number of rotatable bonds is 2. The SMILES string of the molecule is Nc1cc(C(=O)Nc2ccc(Cl)cc2Br)c(F)cc1F. The maximum atomic E-state index is 13.6. The highest BCUT2D eigenvalue weighted by molar-refractivity contribution is 9.10. The van der Waals surface area contributed by atoms with E-state index in [1.54, 1.807) is 18.2 Å². The summed E-state index contributed by atoms with van der Waals surface area (Å²) in [6.45, 7) is 0. The lowest BCUT2D eigenvalue weighted by Crippen LogP contribution is -2.15. The van der Waals surface area contributed by atoms with Crippen LogP contribution < -0.4 is 11.1 Å². The fourth-order valence-corrected chi connectivity index (χ4v) is 2.30. The summed E-state index contributed by atoms with van der Waals surface area (Å²) in [5, 5.41) is 2.96. The van der Waals surface area contributed by atoms with Gasteiger partial charge >= 0.3 is 0 Å². The van der Waals surface area contributed by atoms with Gasteiger partial charge in [-0.05, 0) is 40.2 Å². The number of halogens is 4. The van der Waals surface area contributed by atoms with Crippen molar-refractivity contribution in [2.75, 3.05) is 11.1 Å². The van der Waals surface area contributed by atoms with Crippen LogP contribution >= 0.6 is 27.5 Å². The molecule has 0 unspecified atom stereocenters. The average Bonchev–Trinajstić information content (AvgIpc) is 2.37. The molecule has 0 atom stereocenters. The third-order valence-electron chi connectivity index (χ3n) is 2.51. The summed E-state index contributed by atoms with van der Waals surface area (Å²) in [4.78, 5) is 12.0. The lowest BCUT2D eigenvalue weighted by molar-refractivity contribution is 0.102. The number of nitrogen functional groups attached to an aromatic ring is 1. The second-order valence-electron chi connectivity index (χ2n) is 3.93. The predicted molar refractivity (Wildman–Crippen MR) is 77.9 cm³/mol. The van der Waals surface area contributed by atoms with Crippen LogP contribution in [0.3, 0.4) is 0 Å². The Hall–Kier alpha value is -1.66. The van der Waals surface area contributed by atoms with Crippen LogP contribution in [-0.2, 0) is 0 Å². The van der Waals surface area contributed by atoms with Crippen LogP contribution in [0.2, 0.25) is 5.02 Å². The zero-order chi connectivity index (χ0) is 14.9. The van der Waals surface area contributed by atoms with Gasteiger partial charge in [-0.2, -0.15) is 0 Å². The molecule has 0 aliphatic carbocycles. The topological polar surface area (TPSA) is 55.1 Å². The van der Waals surface area contributed by atoms with E-state index in [-0.39, 0.29) is 11.3 Å². The van der Waals surface area contributed by atoms with Gasteiger partial charge in [0.25, 0.3) is 5.91 Å². The number of hydrogen-bond donors (Lipinski definition) is 2. The van der Waals surface area contributed by atoms with Crippen molar-refractivity contribution >= 4 is 44.8 Å². The predicted octanol–water partition coefficient (Wildman–Crippen LogP) is 4.22. The molecule has 2 aromatic carbocycles. The standard InChI is InChI=1S/C13H8BrClF2N2O/c14-8-3-6(15)1-2-12(8)19-13(20)7-4-11(18)10(17)5-9(7)16/h1-5H,18H2,(H,19,20). The molecule has 0 aliphatic rings. The van der Waals surface area contributed by atoms with Gasteiger partial charge in [-0.25, -0.2) is 8.78 Å². The van der Waals surface area contributed by atoms with Crippen molar-refractivity contribution in [1.29, 1.82) is 0 Å². The van der Waals surface area contributed by atoms with Crippen LogP contribution in [0, 0.1) is 11.6 Å². The zero-order valence-corrected chi connectivity index (χ0v) is 12.2. The molecule has 0 aromatic heterocycles. The van der Waals surface area contributed by atoms with Gasteiger partial charge in [-0.3, -0.25) is 4.79 Å². The normalized spacial score (nSPS) is 10.4. The fourth-order valence-electron chi connectivity index (χ4n) is 1.52. The van der Waals surface area contributed by atoms with Crippen molar-refractivity contribution in [3.8, 4) is 0 Å². The zero-order valence-electron chi connectivity index (χ0n) is 9.88. The summed E-state index contributed by atoms with van der Waals surface area (Å²) in [7, 11) is 0. The molecule has 2 rings (SSSR count). The van der Waals surface area contributed by atoms with Crippen LogP contribution in [0.5, 0.6) is 0 Å². The molecule has 2 aromatic rings. The van der Waals surface area contributed by atoms with Gasteiger partial charge in [0.2, 0.25) is 0 Å². The van der Waals surface area contributed by atoms with E-state index >= 15 is 0 Å². The Balaban J connectivity index is 2.31. The van der Waals surface area contributed by atoms with Gasteiger partial charge in [0.1, 0.15) is 11.6 Å². The van der Waals surface area contributed by atoms with E-state index in [2.05, 4.69) is 21.2 Å². The van der Waals surface area contributed by atoms with Gasteiger partial charge in [0.15, 0.2) is 0 Å². The minimum absolute atomic E-state index is 0.299. The number of nitrogens with one attached hydrogen (secondary N) is 1. The number of anilines is 2. The van der Waals surface area contributed by atoms with E-state index in [0.717, 1.165) is 6.07 Å². The van der Waals surface area contributed by atoms with Crippen molar-refractivity contribution in [2.45, 2.75) is 0 Å². The molecule has 0 bridgehead atoms. The van der Waals surface area contributed by atoms with Crippen molar-refractivity contribution in [3.05, 3.63) is 57.0 Å².